The highest BCUT2D eigenvalue weighted by atomic mass is 16.6. The van der Waals surface area contributed by atoms with E-state index in [1.54, 1.807) is 0 Å². The minimum atomic E-state index is -0.293. The van der Waals surface area contributed by atoms with Crippen LogP contribution in [0, 0.1) is 0 Å². The van der Waals surface area contributed by atoms with E-state index in [0.717, 1.165) is 12.8 Å². The number of cyclic esters (lactones) is 1. The monoisotopic (exact) mass is 217 g/mol. The summed E-state index contributed by atoms with van der Waals surface area (Å²) in [6.45, 7) is 0.606. The fourth-order valence-corrected chi connectivity index (χ4v) is 2.67. The van der Waals surface area contributed by atoms with Crippen molar-refractivity contribution >= 4 is 6.09 Å². The Balaban J connectivity index is 1.97. The second kappa shape index (κ2) is 3.81. The molecule has 0 saturated carbocycles. The Labute approximate surface area is 94.8 Å². The van der Waals surface area contributed by atoms with Gasteiger partial charge in [-0.3, -0.25) is 0 Å². The summed E-state index contributed by atoms with van der Waals surface area (Å²) in [4.78, 5) is 11.1. The van der Waals surface area contributed by atoms with Gasteiger partial charge in [-0.1, -0.05) is 18.2 Å². The van der Waals surface area contributed by atoms with Gasteiger partial charge in [0.1, 0.15) is 6.10 Å². The zero-order chi connectivity index (χ0) is 11.0. The standard InChI is InChI=1S/C13H15NO2/c15-13-14-8-12(16-13)11-7-3-5-9-4-1-2-6-10(9)11/h3,5,7,12H,1-2,4,6,8H2,(H,14,15). The highest BCUT2D eigenvalue weighted by molar-refractivity contribution is 5.69. The first kappa shape index (κ1) is 9.70. The lowest BCUT2D eigenvalue weighted by Crippen LogP contribution is -2.13. The minimum absolute atomic E-state index is 0.0828. The van der Waals surface area contributed by atoms with Crippen molar-refractivity contribution in [1.82, 2.24) is 5.32 Å². The van der Waals surface area contributed by atoms with Crippen LogP contribution in [0.2, 0.25) is 0 Å². The number of ether oxygens (including phenoxy) is 1. The van der Waals surface area contributed by atoms with Crippen LogP contribution in [-0.4, -0.2) is 12.6 Å². The van der Waals surface area contributed by atoms with E-state index < -0.39 is 0 Å². The van der Waals surface area contributed by atoms with E-state index in [2.05, 4.69) is 23.5 Å². The molecule has 1 unspecified atom stereocenters. The first-order valence-electron chi connectivity index (χ1n) is 5.90. The molecule has 84 valence electrons. The molecule has 0 aromatic heterocycles. The zero-order valence-electron chi connectivity index (χ0n) is 9.16. The van der Waals surface area contributed by atoms with Crippen LogP contribution in [0.4, 0.5) is 4.79 Å². The number of rotatable bonds is 1. The number of amides is 1. The molecule has 1 amide bonds. The maximum Gasteiger partial charge on any atom is 0.407 e. The highest BCUT2D eigenvalue weighted by Crippen LogP contribution is 2.31. The molecule has 1 N–H and O–H groups in total. The molecule has 3 rings (SSSR count). The summed E-state index contributed by atoms with van der Waals surface area (Å²) in [6, 6.07) is 6.36. The van der Waals surface area contributed by atoms with Crippen molar-refractivity contribution in [3.05, 3.63) is 34.9 Å². The van der Waals surface area contributed by atoms with Crippen LogP contribution in [0.25, 0.3) is 0 Å². The Kier molecular flexibility index (Phi) is 2.31. The Morgan fingerprint density at radius 1 is 1.25 bits per heavy atom. The molecular formula is C13H15NO2. The van der Waals surface area contributed by atoms with E-state index >= 15 is 0 Å². The molecule has 0 radical (unpaired) electrons. The molecule has 1 atom stereocenters. The first-order valence-corrected chi connectivity index (χ1v) is 5.90. The van der Waals surface area contributed by atoms with Gasteiger partial charge in [-0.15, -0.1) is 0 Å². The summed E-state index contributed by atoms with van der Waals surface area (Å²) in [7, 11) is 0. The van der Waals surface area contributed by atoms with Gasteiger partial charge in [0.2, 0.25) is 0 Å². The number of carbonyl (C=O) groups is 1. The van der Waals surface area contributed by atoms with Gasteiger partial charge in [0, 0.05) is 0 Å². The molecular weight excluding hydrogens is 202 g/mol. The average Bonchev–Trinajstić information content (AvgIpc) is 2.75. The van der Waals surface area contributed by atoms with E-state index in [1.165, 1.54) is 29.5 Å². The maximum absolute atomic E-state index is 11.1. The van der Waals surface area contributed by atoms with Crippen molar-refractivity contribution in [2.45, 2.75) is 31.8 Å². The zero-order valence-corrected chi connectivity index (χ0v) is 9.16. The van der Waals surface area contributed by atoms with Gasteiger partial charge < -0.3 is 10.1 Å². The minimum Gasteiger partial charge on any atom is -0.439 e. The average molecular weight is 217 g/mol. The number of alkyl carbamates (subject to hydrolysis) is 1. The first-order chi connectivity index (χ1) is 7.84. The van der Waals surface area contributed by atoms with E-state index in [0.29, 0.717) is 6.54 Å². The third-order valence-electron chi connectivity index (χ3n) is 3.46. The number of fused-ring (bicyclic) bond motifs is 1. The highest BCUT2D eigenvalue weighted by Gasteiger charge is 2.27. The summed E-state index contributed by atoms with van der Waals surface area (Å²) in [5, 5.41) is 2.71. The number of carbonyl (C=O) groups excluding carboxylic acids is 1. The Hall–Kier alpha value is -1.51. The van der Waals surface area contributed by atoms with Crippen LogP contribution in [0.1, 0.15) is 35.6 Å². The molecule has 3 nitrogen and oxygen atoms in total. The number of hydrogen-bond donors (Lipinski definition) is 1. The second-order valence-electron chi connectivity index (χ2n) is 4.47. The smallest absolute Gasteiger partial charge is 0.407 e. The van der Waals surface area contributed by atoms with E-state index in [-0.39, 0.29) is 12.2 Å². The Bertz CT molecular complexity index is 428. The normalized spacial score (nSPS) is 23.5. The molecule has 0 spiro atoms. The molecule has 2 aliphatic rings. The van der Waals surface area contributed by atoms with E-state index in [9.17, 15) is 4.79 Å². The van der Waals surface area contributed by atoms with Crippen LogP contribution in [0.3, 0.4) is 0 Å². The molecule has 16 heavy (non-hydrogen) atoms. The fraction of sp³-hybridized carbons (Fsp3) is 0.462. The Morgan fingerprint density at radius 3 is 2.94 bits per heavy atom. The molecule has 1 aromatic rings. The fourth-order valence-electron chi connectivity index (χ4n) is 2.67. The van der Waals surface area contributed by atoms with E-state index in [1.807, 2.05) is 0 Å². The van der Waals surface area contributed by atoms with Crippen molar-refractivity contribution < 1.29 is 9.53 Å². The predicted molar refractivity (Wildman–Crippen MR) is 60.3 cm³/mol. The Morgan fingerprint density at radius 2 is 2.12 bits per heavy atom. The van der Waals surface area contributed by atoms with Crippen LogP contribution in [0.15, 0.2) is 18.2 Å². The van der Waals surface area contributed by atoms with Gasteiger partial charge in [-0.25, -0.2) is 4.79 Å². The molecule has 1 heterocycles. The summed E-state index contributed by atoms with van der Waals surface area (Å²) in [5.41, 5.74) is 4.05. The van der Waals surface area contributed by atoms with Gasteiger partial charge in [-0.05, 0) is 42.4 Å². The summed E-state index contributed by atoms with van der Waals surface area (Å²) < 4.78 is 5.26. The lowest BCUT2D eigenvalue weighted by molar-refractivity contribution is 0.140. The van der Waals surface area contributed by atoms with Gasteiger partial charge in [-0.2, -0.15) is 0 Å². The largest absolute Gasteiger partial charge is 0.439 e. The molecule has 1 aliphatic carbocycles. The lowest BCUT2D eigenvalue weighted by Gasteiger charge is -2.21. The topological polar surface area (TPSA) is 38.3 Å². The number of benzene rings is 1. The quantitative estimate of drug-likeness (QED) is 0.784. The number of aryl methyl sites for hydroxylation is 1. The maximum atomic E-state index is 11.1. The predicted octanol–water partition coefficient (Wildman–Crippen LogP) is 2.35. The summed E-state index contributed by atoms with van der Waals surface area (Å²) >= 11 is 0. The summed E-state index contributed by atoms with van der Waals surface area (Å²) in [5.74, 6) is 0. The third kappa shape index (κ3) is 1.56. The lowest BCUT2D eigenvalue weighted by atomic mass is 9.86. The molecule has 0 bridgehead atoms. The molecule has 1 aliphatic heterocycles. The van der Waals surface area contributed by atoms with E-state index in [4.69, 9.17) is 4.74 Å². The van der Waals surface area contributed by atoms with Gasteiger partial charge in [0.25, 0.3) is 0 Å². The number of hydrogen-bond acceptors (Lipinski definition) is 2. The van der Waals surface area contributed by atoms with Crippen LogP contribution >= 0.6 is 0 Å². The molecule has 1 saturated heterocycles. The van der Waals surface area contributed by atoms with Crippen LogP contribution in [-0.2, 0) is 17.6 Å². The molecule has 3 heteroatoms. The van der Waals surface area contributed by atoms with Gasteiger partial charge in [0.05, 0.1) is 6.54 Å². The second-order valence-corrected chi connectivity index (χ2v) is 4.47. The van der Waals surface area contributed by atoms with Gasteiger partial charge >= 0.3 is 6.09 Å². The van der Waals surface area contributed by atoms with Crippen molar-refractivity contribution in [3.8, 4) is 0 Å². The van der Waals surface area contributed by atoms with Gasteiger partial charge in [0.15, 0.2) is 0 Å². The molecule has 1 fully saturated rings. The molecule has 1 aromatic carbocycles. The third-order valence-corrected chi connectivity index (χ3v) is 3.46. The van der Waals surface area contributed by atoms with Crippen LogP contribution < -0.4 is 5.32 Å². The SMILES string of the molecule is O=C1NCC(c2cccc3c2CCCC3)O1. The number of nitrogens with one attached hydrogen (secondary N) is 1. The van der Waals surface area contributed by atoms with Crippen LogP contribution in [0.5, 0.6) is 0 Å². The van der Waals surface area contributed by atoms with Crippen molar-refractivity contribution in [3.63, 3.8) is 0 Å². The summed E-state index contributed by atoms with van der Waals surface area (Å²) in [6.07, 6.45) is 4.44. The van der Waals surface area contributed by atoms with Crippen molar-refractivity contribution in [1.29, 1.82) is 0 Å². The van der Waals surface area contributed by atoms with Crippen molar-refractivity contribution in [2.75, 3.05) is 6.54 Å². The van der Waals surface area contributed by atoms with Crippen molar-refractivity contribution in [2.24, 2.45) is 0 Å².